The Balaban J connectivity index is 1.50. The average molecular weight is 400 g/mol. The Kier molecular flexibility index (Phi) is 6.95. The van der Waals surface area contributed by atoms with E-state index in [9.17, 15) is 9.59 Å². The molecular weight excluding hydrogens is 376 g/mol. The molecule has 0 saturated carbocycles. The second kappa shape index (κ2) is 10.0. The molecule has 0 aromatic heterocycles. The number of para-hydroxylation sites is 1. The first-order valence-corrected chi connectivity index (χ1v) is 9.62. The van der Waals surface area contributed by atoms with E-state index in [1.165, 1.54) is 0 Å². The Morgan fingerprint density at radius 1 is 0.800 bits per heavy atom. The number of hydrogen-bond acceptors (Lipinski definition) is 4. The molecule has 3 aromatic carbocycles. The molecule has 3 N–H and O–H groups in total. The molecule has 6 nitrogen and oxygen atoms in total. The van der Waals surface area contributed by atoms with Gasteiger partial charge in [-0.3, -0.25) is 9.59 Å². The highest BCUT2D eigenvalue weighted by molar-refractivity contribution is 6.06. The van der Waals surface area contributed by atoms with Gasteiger partial charge in [0.05, 0.1) is 6.42 Å². The lowest BCUT2D eigenvalue weighted by Gasteiger charge is -2.09. The van der Waals surface area contributed by atoms with Crippen LogP contribution in [-0.2, 0) is 4.79 Å². The number of carbonyl (C=O) groups is 2. The van der Waals surface area contributed by atoms with Gasteiger partial charge < -0.3 is 10.6 Å². The predicted molar refractivity (Wildman–Crippen MR) is 121 cm³/mol. The molecular formula is C24H24N4O2. The van der Waals surface area contributed by atoms with Crippen LogP contribution < -0.4 is 16.1 Å². The van der Waals surface area contributed by atoms with Gasteiger partial charge in [0, 0.05) is 28.3 Å². The number of hydrazone groups is 1. The third kappa shape index (κ3) is 6.04. The summed E-state index contributed by atoms with van der Waals surface area (Å²) in [5, 5.41) is 10.2. The molecule has 0 atom stereocenters. The summed E-state index contributed by atoms with van der Waals surface area (Å²) in [6.45, 7) is 3.56. The highest BCUT2D eigenvalue weighted by Gasteiger charge is 2.09. The van der Waals surface area contributed by atoms with E-state index in [1.807, 2.05) is 73.7 Å². The van der Waals surface area contributed by atoms with Crippen LogP contribution in [0, 0.1) is 6.92 Å². The van der Waals surface area contributed by atoms with Crippen LogP contribution in [-0.4, -0.2) is 17.5 Å². The zero-order valence-electron chi connectivity index (χ0n) is 17.0. The van der Waals surface area contributed by atoms with Crippen molar-refractivity contribution in [1.82, 2.24) is 5.43 Å². The van der Waals surface area contributed by atoms with Crippen LogP contribution in [0.15, 0.2) is 84.0 Å². The molecule has 0 spiro atoms. The largest absolute Gasteiger partial charge is 0.356 e. The minimum Gasteiger partial charge on any atom is -0.356 e. The average Bonchev–Trinajstić information content (AvgIpc) is 2.74. The van der Waals surface area contributed by atoms with Gasteiger partial charge in [-0.15, -0.1) is 0 Å². The maximum Gasteiger partial charge on any atom is 0.271 e. The molecule has 152 valence electrons. The van der Waals surface area contributed by atoms with Crippen molar-refractivity contribution in [2.75, 3.05) is 10.6 Å². The van der Waals surface area contributed by atoms with E-state index in [0.717, 1.165) is 16.9 Å². The molecule has 0 aliphatic carbocycles. The number of nitrogens with one attached hydrogen (secondary N) is 3. The van der Waals surface area contributed by atoms with E-state index in [2.05, 4.69) is 21.2 Å². The molecule has 6 heteroatoms. The van der Waals surface area contributed by atoms with Crippen LogP contribution >= 0.6 is 0 Å². The number of aryl methyl sites for hydroxylation is 1. The van der Waals surface area contributed by atoms with Crippen LogP contribution in [0.2, 0.25) is 0 Å². The second-order valence-corrected chi connectivity index (χ2v) is 6.90. The minimum atomic E-state index is -0.297. The SMILES string of the molecule is C/C(CC(=O)Nc1ccc(Nc2ccccc2)cc1)=N/NC(=O)c1ccccc1C. The summed E-state index contributed by atoms with van der Waals surface area (Å²) in [7, 11) is 0. The highest BCUT2D eigenvalue weighted by atomic mass is 16.2. The van der Waals surface area contributed by atoms with Crippen LogP contribution in [0.5, 0.6) is 0 Å². The molecule has 0 bridgehead atoms. The quantitative estimate of drug-likeness (QED) is 0.391. The molecule has 0 heterocycles. The van der Waals surface area contributed by atoms with Gasteiger partial charge >= 0.3 is 0 Å². The summed E-state index contributed by atoms with van der Waals surface area (Å²) in [6.07, 6.45) is 0.0814. The van der Waals surface area contributed by atoms with Crippen LogP contribution in [0.25, 0.3) is 0 Å². The van der Waals surface area contributed by atoms with Crippen molar-refractivity contribution < 1.29 is 9.59 Å². The van der Waals surface area contributed by atoms with Crippen LogP contribution in [0.3, 0.4) is 0 Å². The van der Waals surface area contributed by atoms with Gasteiger partial charge in [0.25, 0.3) is 5.91 Å². The molecule has 2 amide bonds. The monoisotopic (exact) mass is 400 g/mol. The van der Waals surface area contributed by atoms with Crippen molar-refractivity contribution in [3.05, 3.63) is 90.0 Å². The zero-order valence-corrected chi connectivity index (χ0v) is 17.0. The normalized spacial score (nSPS) is 10.9. The van der Waals surface area contributed by atoms with Crippen molar-refractivity contribution >= 4 is 34.6 Å². The van der Waals surface area contributed by atoms with Crippen molar-refractivity contribution in [2.45, 2.75) is 20.3 Å². The number of hydrogen-bond donors (Lipinski definition) is 3. The van der Waals surface area contributed by atoms with Gasteiger partial charge in [0.1, 0.15) is 0 Å². The van der Waals surface area contributed by atoms with Gasteiger partial charge in [-0.25, -0.2) is 5.43 Å². The molecule has 0 unspecified atom stereocenters. The molecule has 0 aliphatic heterocycles. The predicted octanol–water partition coefficient (Wildman–Crippen LogP) is 4.87. The summed E-state index contributed by atoms with van der Waals surface area (Å²) in [5.41, 5.74) is 7.05. The Morgan fingerprint density at radius 3 is 2.10 bits per heavy atom. The first-order valence-electron chi connectivity index (χ1n) is 9.62. The number of anilines is 3. The van der Waals surface area contributed by atoms with E-state index in [4.69, 9.17) is 0 Å². The zero-order chi connectivity index (χ0) is 21.3. The number of carbonyl (C=O) groups excluding carboxylic acids is 2. The third-order valence-corrected chi connectivity index (χ3v) is 4.39. The number of nitrogens with zero attached hydrogens (tertiary/aromatic N) is 1. The van der Waals surface area contributed by atoms with Crippen LogP contribution in [0.1, 0.15) is 29.3 Å². The number of rotatable bonds is 7. The molecule has 0 aliphatic rings. The topological polar surface area (TPSA) is 82.6 Å². The highest BCUT2D eigenvalue weighted by Crippen LogP contribution is 2.18. The second-order valence-electron chi connectivity index (χ2n) is 6.90. The molecule has 0 saturated heterocycles. The Morgan fingerprint density at radius 2 is 1.40 bits per heavy atom. The molecule has 0 fully saturated rings. The van der Waals surface area contributed by atoms with Crippen LogP contribution in [0.4, 0.5) is 17.1 Å². The molecule has 3 aromatic rings. The Hall–Kier alpha value is -3.93. The first-order chi connectivity index (χ1) is 14.5. The van der Waals surface area contributed by atoms with Crippen molar-refractivity contribution in [3.8, 4) is 0 Å². The lowest BCUT2D eigenvalue weighted by molar-refractivity contribution is -0.115. The smallest absolute Gasteiger partial charge is 0.271 e. The van der Waals surface area contributed by atoms with E-state index in [0.29, 0.717) is 17.0 Å². The summed E-state index contributed by atoms with van der Waals surface area (Å²) >= 11 is 0. The van der Waals surface area contributed by atoms with E-state index in [1.54, 1.807) is 19.1 Å². The molecule has 3 rings (SSSR count). The lowest BCUT2D eigenvalue weighted by Crippen LogP contribution is -2.22. The van der Waals surface area contributed by atoms with Gasteiger partial charge in [0.2, 0.25) is 5.91 Å². The minimum absolute atomic E-state index is 0.0814. The summed E-state index contributed by atoms with van der Waals surface area (Å²) < 4.78 is 0. The first kappa shape index (κ1) is 20.8. The van der Waals surface area contributed by atoms with Gasteiger partial charge in [-0.2, -0.15) is 5.10 Å². The van der Waals surface area contributed by atoms with E-state index in [-0.39, 0.29) is 18.2 Å². The van der Waals surface area contributed by atoms with Gasteiger partial charge in [-0.1, -0.05) is 36.4 Å². The molecule has 0 radical (unpaired) electrons. The van der Waals surface area contributed by atoms with Gasteiger partial charge in [-0.05, 0) is 61.9 Å². The van der Waals surface area contributed by atoms with Crippen molar-refractivity contribution in [2.24, 2.45) is 5.10 Å². The Labute approximate surface area is 176 Å². The van der Waals surface area contributed by atoms with E-state index < -0.39 is 0 Å². The fourth-order valence-electron chi connectivity index (χ4n) is 2.84. The lowest BCUT2D eigenvalue weighted by atomic mass is 10.1. The third-order valence-electron chi connectivity index (χ3n) is 4.39. The Bertz CT molecular complexity index is 1040. The van der Waals surface area contributed by atoms with Crippen molar-refractivity contribution in [1.29, 1.82) is 0 Å². The number of amides is 2. The molecule has 30 heavy (non-hydrogen) atoms. The number of benzene rings is 3. The maximum absolute atomic E-state index is 12.2. The van der Waals surface area contributed by atoms with E-state index >= 15 is 0 Å². The summed E-state index contributed by atoms with van der Waals surface area (Å²) in [6, 6.07) is 24.6. The summed E-state index contributed by atoms with van der Waals surface area (Å²) in [4.78, 5) is 24.4. The summed E-state index contributed by atoms with van der Waals surface area (Å²) in [5.74, 6) is -0.500. The fraction of sp³-hybridized carbons (Fsp3) is 0.125. The fourth-order valence-corrected chi connectivity index (χ4v) is 2.84. The standard InChI is InChI=1S/C24H24N4O2/c1-17-8-6-7-11-22(17)24(30)28-27-18(2)16-23(29)26-21-14-12-20(13-15-21)25-19-9-4-3-5-10-19/h3-15,25H,16H2,1-2H3,(H,26,29)(H,28,30)/b27-18-. The van der Waals surface area contributed by atoms with Crippen molar-refractivity contribution in [3.63, 3.8) is 0 Å². The van der Waals surface area contributed by atoms with Gasteiger partial charge in [0.15, 0.2) is 0 Å². The maximum atomic E-state index is 12.2.